The summed E-state index contributed by atoms with van der Waals surface area (Å²) in [5, 5.41) is 2.95. The zero-order chi connectivity index (χ0) is 19.8. The molecule has 0 aromatic heterocycles. The van der Waals surface area contributed by atoms with Gasteiger partial charge in [0.1, 0.15) is 0 Å². The van der Waals surface area contributed by atoms with Gasteiger partial charge in [0, 0.05) is 38.5 Å². The molecule has 1 aromatic carbocycles. The van der Waals surface area contributed by atoms with Crippen molar-refractivity contribution >= 4 is 11.8 Å². The molecule has 1 atom stereocenters. The fourth-order valence-corrected chi connectivity index (χ4v) is 4.78. The Labute approximate surface area is 169 Å². The van der Waals surface area contributed by atoms with E-state index in [-0.39, 0.29) is 17.9 Å². The van der Waals surface area contributed by atoms with Gasteiger partial charge in [0.15, 0.2) is 0 Å². The third kappa shape index (κ3) is 5.81. The average Bonchev–Trinajstić information content (AvgIpc) is 2.74. The van der Waals surface area contributed by atoms with Gasteiger partial charge in [-0.25, -0.2) is 0 Å². The van der Waals surface area contributed by atoms with Gasteiger partial charge < -0.3 is 16.0 Å². The molecule has 1 aromatic rings. The Morgan fingerprint density at radius 1 is 1.04 bits per heavy atom. The maximum Gasteiger partial charge on any atom is 0.223 e. The molecule has 28 heavy (non-hydrogen) atoms. The number of benzene rings is 1. The Kier molecular flexibility index (Phi) is 7.90. The molecule has 1 aliphatic carbocycles. The van der Waals surface area contributed by atoms with E-state index in [2.05, 4.69) is 35.6 Å². The summed E-state index contributed by atoms with van der Waals surface area (Å²) in [6.45, 7) is 1.76. The van der Waals surface area contributed by atoms with Crippen molar-refractivity contribution in [3.8, 4) is 0 Å². The van der Waals surface area contributed by atoms with Crippen LogP contribution < -0.4 is 11.1 Å². The Hall–Kier alpha value is -1.88. The molecular formula is C23H35N3O2. The second-order valence-electron chi connectivity index (χ2n) is 8.41. The topological polar surface area (TPSA) is 75.4 Å². The van der Waals surface area contributed by atoms with Gasteiger partial charge in [-0.15, -0.1) is 0 Å². The molecule has 1 saturated heterocycles. The molecule has 1 heterocycles. The lowest BCUT2D eigenvalue weighted by Crippen LogP contribution is -2.50. The summed E-state index contributed by atoms with van der Waals surface area (Å²) < 4.78 is 0. The van der Waals surface area contributed by atoms with Crippen molar-refractivity contribution in [1.82, 2.24) is 10.2 Å². The lowest BCUT2D eigenvalue weighted by molar-refractivity contribution is -0.136. The third-order valence-corrected chi connectivity index (χ3v) is 6.43. The van der Waals surface area contributed by atoms with Crippen molar-refractivity contribution in [3.05, 3.63) is 35.9 Å². The molecule has 3 rings (SSSR count). The molecule has 2 aliphatic rings. The van der Waals surface area contributed by atoms with E-state index in [0.29, 0.717) is 37.8 Å². The molecule has 5 nitrogen and oxygen atoms in total. The molecule has 1 unspecified atom stereocenters. The Balaban J connectivity index is 1.47. The van der Waals surface area contributed by atoms with Gasteiger partial charge in [-0.3, -0.25) is 9.59 Å². The van der Waals surface area contributed by atoms with Crippen molar-refractivity contribution in [3.63, 3.8) is 0 Å². The maximum absolute atomic E-state index is 13.0. The van der Waals surface area contributed by atoms with Crippen LogP contribution in [0.1, 0.15) is 69.3 Å². The van der Waals surface area contributed by atoms with Gasteiger partial charge >= 0.3 is 0 Å². The van der Waals surface area contributed by atoms with E-state index in [0.717, 1.165) is 38.6 Å². The van der Waals surface area contributed by atoms with Crippen LogP contribution in [0.25, 0.3) is 0 Å². The van der Waals surface area contributed by atoms with Crippen molar-refractivity contribution in [1.29, 1.82) is 0 Å². The number of hydrogen-bond donors (Lipinski definition) is 2. The van der Waals surface area contributed by atoms with E-state index in [1.807, 2.05) is 4.90 Å². The quantitative estimate of drug-likeness (QED) is 0.757. The number of carbonyl (C=O) groups excluding carboxylic acids is 2. The Bertz CT molecular complexity index is 626. The molecular weight excluding hydrogens is 350 g/mol. The van der Waals surface area contributed by atoms with Crippen LogP contribution in [0.2, 0.25) is 0 Å². The fourth-order valence-electron chi connectivity index (χ4n) is 4.78. The summed E-state index contributed by atoms with van der Waals surface area (Å²) in [6.07, 6.45) is 8.83. The van der Waals surface area contributed by atoms with Crippen LogP contribution in [0.15, 0.2) is 30.3 Å². The molecule has 2 amide bonds. The Morgan fingerprint density at radius 2 is 1.79 bits per heavy atom. The Morgan fingerprint density at radius 3 is 2.50 bits per heavy atom. The largest absolute Gasteiger partial charge is 0.354 e. The zero-order valence-electron chi connectivity index (χ0n) is 16.9. The maximum atomic E-state index is 13.0. The summed E-state index contributed by atoms with van der Waals surface area (Å²) in [5.74, 6) is 1.41. The van der Waals surface area contributed by atoms with Gasteiger partial charge in [0.2, 0.25) is 11.8 Å². The minimum Gasteiger partial charge on any atom is -0.354 e. The number of nitrogens with zero attached hydrogens (tertiary/aromatic N) is 1. The van der Waals surface area contributed by atoms with Gasteiger partial charge in [-0.1, -0.05) is 30.3 Å². The number of piperidine rings is 1. The predicted molar refractivity (Wildman–Crippen MR) is 112 cm³/mol. The van der Waals surface area contributed by atoms with Crippen LogP contribution in [0.5, 0.6) is 0 Å². The standard InChI is InChI=1S/C23H35N3O2/c24-14-13-22(27)25-17-21-8-4-5-15-26(21)23(28)16-18-9-11-20(12-10-18)19-6-2-1-3-7-19/h1-3,6-7,18,20-21H,4-5,8-17,24H2,(H,25,27). The highest BCUT2D eigenvalue weighted by molar-refractivity contribution is 5.78. The minimum absolute atomic E-state index is 0.0142. The van der Waals surface area contributed by atoms with Crippen molar-refractivity contribution in [2.75, 3.05) is 19.6 Å². The number of rotatable bonds is 7. The molecule has 2 fully saturated rings. The van der Waals surface area contributed by atoms with E-state index in [1.54, 1.807) is 0 Å². The summed E-state index contributed by atoms with van der Waals surface area (Å²) in [4.78, 5) is 26.8. The number of nitrogens with two attached hydrogens (primary N) is 1. The van der Waals surface area contributed by atoms with Crippen LogP contribution in [-0.4, -0.2) is 42.4 Å². The van der Waals surface area contributed by atoms with Gasteiger partial charge in [0.25, 0.3) is 0 Å². The molecule has 0 spiro atoms. The molecule has 1 aliphatic heterocycles. The fraction of sp³-hybridized carbons (Fsp3) is 0.652. The molecule has 5 heteroatoms. The van der Waals surface area contributed by atoms with Crippen LogP contribution in [-0.2, 0) is 9.59 Å². The SMILES string of the molecule is NCCC(=O)NCC1CCCCN1C(=O)CC1CCC(c2ccccc2)CC1. The molecule has 3 N–H and O–H groups in total. The van der Waals surface area contributed by atoms with Crippen molar-refractivity contribution < 1.29 is 9.59 Å². The van der Waals surface area contributed by atoms with Crippen molar-refractivity contribution in [2.24, 2.45) is 11.7 Å². The monoisotopic (exact) mass is 385 g/mol. The van der Waals surface area contributed by atoms with E-state index < -0.39 is 0 Å². The van der Waals surface area contributed by atoms with Crippen LogP contribution in [0, 0.1) is 5.92 Å². The number of hydrogen-bond acceptors (Lipinski definition) is 3. The average molecular weight is 386 g/mol. The summed E-state index contributed by atoms with van der Waals surface area (Å²) >= 11 is 0. The van der Waals surface area contributed by atoms with E-state index in [4.69, 9.17) is 5.73 Å². The first kappa shape index (κ1) is 20.8. The first-order valence-electron chi connectivity index (χ1n) is 11.0. The number of amides is 2. The van der Waals surface area contributed by atoms with Crippen LogP contribution in [0.4, 0.5) is 0 Å². The minimum atomic E-state index is -0.0142. The number of nitrogens with one attached hydrogen (secondary N) is 1. The number of carbonyl (C=O) groups is 2. The van der Waals surface area contributed by atoms with E-state index >= 15 is 0 Å². The van der Waals surface area contributed by atoms with E-state index in [1.165, 1.54) is 18.4 Å². The van der Waals surface area contributed by atoms with Gasteiger partial charge in [-0.2, -0.15) is 0 Å². The van der Waals surface area contributed by atoms with E-state index in [9.17, 15) is 9.59 Å². The lowest BCUT2D eigenvalue weighted by Gasteiger charge is -2.37. The molecule has 0 radical (unpaired) electrons. The van der Waals surface area contributed by atoms with Crippen LogP contribution in [0.3, 0.4) is 0 Å². The highest BCUT2D eigenvalue weighted by atomic mass is 16.2. The first-order valence-corrected chi connectivity index (χ1v) is 11.0. The second kappa shape index (κ2) is 10.6. The second-order valence-corrected chi connectivity index (χ2v) is 8.41. The van der Waals surface area contributed by atoms with Crippen molar-refractivity contribution in [2.45, 2.75) is 69.7 Å². The summed E-state index contributed by atoms with van der Waals surface area (Å²) in [7, 11) is 0. The molecule has 1 saturated carbocycles. The highest BCUT2D eigenvalue weighted by Crippen LogP contribution is 2.37. The lowest BCUT2D eigenvalue weighted by atomic mass is 9.77. The first-order chi connectivity index (χ1) is 13.7. The zero-order valence-corrected chi connectivity index (χ0v) is 16.9. The predicted octanol–water partition coefficient (Wildman–Crippen LogP) is 3.20. The molecule has 154 valence electrons. The third-order valence-electron chi connectivity index (χ3n) is 6.43. The highest BCUT2D eigenvalue weighted by Gasteiger charge is 2.30. The normalized spacial score (nSPS) is 25.3. The van der Waals surface area contributed by atoms with Gasteiger partial charge in [0.05, 0.1) is 0 Å². The smallest absolute Gasteiger partial charge is 0.223 e. The van der Waals surface area contributed by atoms with Crippen LogP contribution >= 0.6 is 0 Å². The summed E-state index contributed by atoms with van der Waals surface area (Å²) in [6, 6.07) is 10.9. The van der Waals surface area contributed by atoms with Gasteiger partial charge in [-0.05, 0) is 62.3 Å². The molecule has 0 bridgehead atoms. The number of likely N-dealkylation sites (tertiary alicyclic amines) is 1. The summed E-state index contributed by atoms with van der Waals surface area (Å²) in [5.41, 5.74) is 6.88.